The van der Waals surface area contributed by atoms with Crippen molar-refractivity contribution in [2.75, 3.05) is 0 Å². The van der Waals surface area contributed by atoms with Gasteiger partial charge in [-0.2, -0.15) is 0 Å². The lowest BCUT2D eigenvalue weighted by molar-refractivity contribution is -0.385. The molecule has 8 heteroatoms. The number of nitro benzene ring substituents is 1. The number of benzene rings is 1. The molecule has 2 heterocycles. The second kappa shape index (κ2) is 6.84. The molecule has 1 aromatic carbocycles. The molecule has 0 unspecified atom stereocenters. The summed E-state index contributed by atoms with van der Waals surface area (Å²) >= 11 is 1.53. The Morgan fingerprint density at radius 2 is 2.22 bits per heavy atom. The van der Waals surface area contributed by atoms with Crippen molar-refractivity contribution in [1.82, 2.24) is 4.98 Å². The molecule has 0 aliphatic heterocycles. The lowest BCUT2D eigenvalue weighted by Crippen LogP contribution is -1.94. The molecular weight excluding hydrogens is 318 g/mol. The fraction of sp³-hybridized carbons (Fsp3) is 0.0667. The molecule has 2 aromatic heterocycles. The number of rotatable bonds is 6. The fourth-order valence-electron chi connectivity index (χ4n) is 1.85. The van der Waals surface area contributed by atoms with Crippen LogP contribution in [0.2, 0.25) is 0 Å². The molecule has 0 saturated carbocycles. The van der Waals surface area contributed by atoms with Gasteiger partial charge in [-0.25, -0.2) is 4.98 Å². The third-order valence-corrected chi connectivity index (χ3v) is 3.75. The first-order valence-corrected chi connectivity index (χ1v) is 7.49. The molecule has 0 spiro atoms. The number of thiophene rings is 1. The number of nitrogens with zero attached hydrogens (tertiary/aromatic N) is 3. The predicted molar refractivity (Wildman–Crippen MR) is 85.3 cm³/mol. The van der Waals surface area contributed by atoms with Gasteiger partial charge < -0.3 is 9.25 Å². The SMILES string of the molecule is O=[N+]([O-])c1ccccc1/C=N/OCc1coc(-c2cccs2)n1. The maximum Gasteiger partial charge on any atom is 0.278 e. The zero-order valence-corrected chi connectivity index (χ0v) is 12.6. The van der Waals surface area contributed by atoms with Gasteiger partial charge in [0.15, 0.2) is 6.61 Å². The molecule has 0 aliphatic rings. The van der Waals surface area contributed by atoms with Crippen LogP contribution < -0.4 is 0 Å². The van der Waals surface area contributed by atoms with Crippen LogP contribution in [0.1, 0.15) is 11.3 Å². The van der Waals surface area contributed by atoms with Gasteiger partial charge in [-0.1, -0.05) is 23.4 Å². The molecule has 0 N–H and O–H groups in total. The summed E-state index contributed by atoms with van der Waals surface area (Å²) in [7, 11) is 0. The van der Waals surface area contributed by atoms with Crippen LogP contribution in [0.3, 0.4) is 0 Å². The molecule has 0 amide bonds. The largest absolute Gasteiger partial charge is 0.443 e. The summed E-state index contributed by atoms with van der Waals surface area (Å²) in [6, 6.07) is 10.1. The molecule has 3 aromatic rings. The van der Waals surface area contributed by atoms with Gasteiger partial charge in [0, 0.05) is 6.07 Å². The highest BCUT2D eigenvalue weighted by atomic mass is 32.1. The zero-order chi connectivity index (χ0) is 16.1. The average Bonchev–Trinajstić information content (AvgIpc) is 3.23. The molecular formula is C15H11N3O4S. The fourth-order valence-corrected chi connectivity index (χ4v) is 2.50. The molecule has 0 saturated heterocycles. The standard InChI is InChI=1S/C15H11N3O4S/c19-18(20)13-5-2-1-4-11(13)8-16-22-10-12-9-21-15(17-12)14-6-3-7-23-14/h1-9H,10H2/b16-8+. The second-order valence-corrected chi connectivity index (χ2v) is 5.39. The maximum atomic E-state index is 10.9. The predicted octanol–water partition coefficient (Wildman–Crippen LogP) is 3.86. The van der Waals surface area contributed by atoms with Crippen LogP contribution in [-0.2, 0) is 11.4 Å². The van der Waals surface area contributed by atoms with Crippen LogP contribution in [-0.4, -0.2) is 16.1 Å². The molecule has 23 heavy (non-hydrogen) atoms. The molecule has 7 nitrogen and oxygen atoms in total. The Balaban J connectivity index is 1.61. The van der Waals surface area contributed by atoms with Crippen molar-refractivity contribution in [1.29, 1.82) is 0 Å². The average molecular weight is 329 g/mol. The summed E-state index contributed by atoms with van der Waals surface area (Å²) in [5.41, 5.74) is 0.936. The molecule has 0 fully saturated rings. The first-order chi connectivity index (χ1) is 11.2. The number of aromatic nitrogens is 1. The van der Waals surface area contributed by atoms with Crippen molar-refractivity contribution in [2.45, 2.75) is 6.61 Å². The van der Waals surface area contributed by atoms with Gasteiger partial charge in [-0.05, 0) is 17.5 Å². The summed E-state index contributed by atoms with van der Waals surface area (Å²) in [5.74, 6) is 0.529. The van der Waals surface area contributed by atoms with Gasteiger partial charge in [0.25, 0.3) is 5.69 Å². The summed E-state index contributed by atoms with van der Waals surface area (Å²) in [5, 5.41) is 16.6. The van der Waals surface area contributed by atoms with Crippen molar-refractivity contribution in [3.63, 3.8) is 0 Å². The Morgan fingerprint density at radius 3 is 3.00 bits per heavy atom. The lowest BCUT2D eigenvalue weighted by atomic mass is 10.2. The molecule has 3 rings (SSSR count). The Hall–Kier alpha value is -3.00. The minimum absolute atomic E-state index is 0.0266. The first kappa shape index (κ1) is 14.9. The number of para-hydroxylation sites is 1. The smallest absolute Gasteiger partial charge is 0.278 e. The Morgan fingerprint density at radius 1 is 1.35 bits per heavy atom. The van der Waals surface area contributed by atoms with Crippen LogP contribution in [0, 0.1) is 10.1 Å². The third-order valence-electron chi connectivity index (χ3n) is 2.90. The van der Waals surface area contributed by atoms with Crippen LogP contribution in [0.5, 0.6) is 0 Å². The van der Waals surface area contributed by atoms with Crippen molar-refractivity contribution in [3.8, 4) is 10.8 Å². The quantitative estimate of drug-likeness (QED) is 0.389. The third kappa shape index (κ3) is 3.61. The summed E-state index contributed by atoms with van der Waals surface area (Å²) in [6.07, 6.45) is 2.80. The highest BCUT2D eigenvalue weighted by molar-refractivity contribution is 7.13. The van der Waals surface area contributed by atoms with E-state index >= 15 is 0 Å². The van der Waals surface area contributed by atoms with E-state index in [0.29, 0.717) is 17.1 Å². The molecule has 0 atom stereocenters. The summed E-state index contributed by atoms with van der Waals surface area (Å²) in [6.45, 7) is 0.117. The van der Waals surface area contributed by atoms with Crippen molar-refractivity contribution >= 4 is 23.2 Å². The minimum atomic E-state index is -0.466. The van der Waals surface area contributed by atoms with Crippen LogP contribution >= 0.6 is 11.3 Å². The number of oxazole rings is 1. The van der Waals surface area contributed by atoms with E-state index in [2.05, 4.69) is 10.1 Å². The molecule has 116 valence electrons. The van der Waals surface area contributed by atoms with E-state index in [4.69, 9.17) is 9.25 Å². The maximum absolute atomic E-state index is 10.9. The van der Waals surface area contributed by atoms with Crippen molar-refractivity contribution < 1.29 is 14.2 Å². The van der Waals surface area contributed by atoms with Gasteiger partial charge in [-0.3, -0.25) is 10.1 Å². The number of nitro groups is 1. The van der Waals surface area contributed by atoms with E-state index in [9.17, 15) is 10.1 Å². The minimum Gasteiger partial charge on any atom is -0.443 e. The van der Waals surface area contributed by atoms with E-state index in [0.717, 1.165) is 4.88 Å². The summed E-state index contributed by atoms with van der Waals surface area (Å²) < 4.78 is 5.35. The van der Waals surface area contributed by atoms with Crippen molar-refractivity contribution in [2.24, 2.45) is 5.16 Å². The van der Waals surface area contributed by atoms with Gasteiger partial charge in [0.2, 0.25) is 5.89 Å². The number of hydrogen-bond donors (Lipinski definition) is 0. The molecule has 0 aliphatic carbocycles. The normalized spacial score (nSPS) is 11.0. The van der Waals surface area contributed by atoms with E-state index in [-0.39, 0.29) is 12.3 Å². The van der Waals surface area contributed by atoms with Crippen LogP contribution in [0.25, 0.3) is 10.8 Å². The molecule has 0 radical (unpaired) electrons. The Bertz CT molecular complexity index is 827. The van der Waals surface area contributed by atoms with E-state index in [1.807, 2.05) is 17.5 Å². The van der Waals surface area contributed by atoms with E-state index in [1.54, 1.807) is 18.2 Å². The van der Waals surface area contributed by atoms with Crippen LogP contribution in [0.15, 0.2) is 57.6 Å². The van der Waals surface area contributed by atoms with Gasteiger partial charge >= 0.3 is 0 Å². The topological polar surface area (TPSA) is 90.8 Å². The highest BCUT2D eigenvalue weighted by Crippen LogP contribution is 2.23. The van der Waals surface area contributed by atoms with Crippen molar-refractivity contribution in [3.05, 3.63) is 69.4 Å². The van der Waals surface area contributed by atoms with Gasteiger partial charge in [-0.15, -0.1) is 11.3 Å². The number of hydrogen-bond acceptors (Lipinski definition) is 7. The molecule has 0 bridgehead atoms. The Labute approximate surface area is 135 Å². The van der Waals surface area contributed by atoms with E-state index < -0.39 is 4.92 Å². The monoisotopic (exact) mass is 329 g/mol. The van der Waals surface area contributed by atoms with Gasteiger partial charge in [0.1, 0.15) is 12.0 Å². The lowest BCUT2D eigenvalue weighted by Gasteiger charge is -1.96. The second-order valence-electron chi connectivity index (χ2n) is 4.45. The van der Waals surface area contributed by atoms with Crippen LogP contribution in [0.4, 0.5) is 5.69 Å². The van der Waals surface area contributed by atoms with Gasteiger partial charge in [0.05, 0.1) is 21.6 Å². The highest BCUT2D eigenvalue weighted by Gasteiger charge is 2.10. The zero-order valence-electron chi connectivity index (χ0n) is 11.8. The summed E-state index contributed by atoms with van der Waals surface area (Å²) in [4.78, 5) is 20.7. The first-order valence-electron chi connectivity index (χ1n) is 6.61. The van der Waals surface area contributed by atoms with E-state index in [1.165, 1.54) is 29.9 Å². The number of oxime groups is 1. The Kier molecular flexibility index (Phi) is 4.44.